The molecular formula is C15H13ClFNO2. The molecule has 0 amide bonds. The lowest BCUT2D eigenvalue weighted by Gasteiger charge is -2.28. The second-order valence-electron chi connectivity index (χ2n) is 4.55. The minimum Gasteiger partial charge on any atom is -0.479 e. The van der Waals surface area contributed by atoms with Crippen LogP contribution >= 0.6 is 11.6 Å². The molecule has 0 aliphatic carbocycles. The van der Waals surface area contributed by atoms with Gasteiger partial charge >= 0.3 is 5.97 Å². The van der Waals surface area contributed by atoms with Crippen molar-refractivity contribution in [2.24, 2.45) is 0 Å². The molecule has 0 heterocycles. The molecular weight excluding hydrogens is 281 g/mol. The van der Waals surface area contributed by atoms with Gasteiger partial charge in [-0.25, -0.2) is 9.18 Å². The summed E-state index contributed by atoms with van der Waals surface area (Å²) in [5, 5.41) is 12.5. The number of para-hydroxylation sites is 1. The van der Waals surface area contributed by atoms with Crippen molar-refractivity contribution in [3.05, 3.63) is 64.9 Å². The number of hydrogen-bond donors (Lipinski definition) is 2. The number of aliphatic carboxylic acids is 1. The highest BCUT2D eigenvalue weighted by molar-refractivity contribution is 6.31. The number of nitrogens with one attached hydrogen (secondary N) is 1. The Morgan fingerprint density at radius 2 is 1.90 bits per heavy atom. The van der Waals surface area contributed by atoms with Crippen molar-refractivity contribution in [1.82, 2.24) is 0 Å². The van der Waals surface area contributed by atoms with Gasteiger partial charge in [-0.2, -0.15) is 0 Å². The van der Waals surface area contributed by atoms with E-state index in [9.17, 15) is 14.3 Å². The van der Waals surface area contributed by atoms with Gasteiger partial charge in [0.2, 0.25) is 0 Å². The van der Waals surface area contributed by atoms with Gasteiger partial charge in [0, 0.05) is 16.3 Å². The van der Waals surface area contributed by atoms with Gasteiger partial charge < -0.3 is 10.4 Å². The number of anilines is 1. The van der Waals surface area contributed by atoms with Crippen molar-refractivity contribution in [1.29, 1.82) is 0 Å². The van der Waals surface area contributed by atoms with E-state index < -0.39 is 17.3 Å². The van der Waals surface area contributed by atoms with Crippen molar-refractivity contribution in [3.63, 3.8) is 0 Å². The van der Waals surface area contributed by atoms with Gasteiger partial charge in [-0.1, -0.05) is 35.9 Å². The van der Waals surface area contributed by atoms with Crippen molar-refractivity contribution < 1.29 is 14.3 Å². The molecule has 0 aliphatic heterocycles. The maximum atomic E-state index is 13.1. The van der Waals surface area contributed by atoms with E-state index in [0.717, 1.165) is 6.07 Å². The number of carbonyl (C=O) groups is 1. The van der Waals surface area contributed by atoms with Gasteiger partial charge in [-0.3, -0.25) is 0 Å². The number of rotatable bonds is 4. The molecule has 0 saturated heterocycles. The Morgan fingerprint density at radius 1 is 1.25 bits per heavy atom. The smallest absolute Gasteiger partial charge is 0.333 e. The average Bonchev–Trinajstić information content (AvgIpc) is 2.39. The van der Waals surface area contributed by atoms with Crippen molar-refractivity contribution in [2.75, 3.05) is 5.32 Å². The molecule has 1 unspecified atom stereocenters. The van der Waals surface area contributed by atoms with Crippen molar-refractivity contribution in [3.8, 4) is 0 Å². The zero-order valence-corrected chi connectivity index (χ0v) is 11.5. The van der Waals surface area contributed by atoms with Crippen LogP contribution in [-0.2, 0) is 10.3 Å². The summed E-state index contributed by atoms with van der Waals surface area (Å²) in [6.45, 7) is 1.49. The van der Waals surface area contributed by atoms with E-state index in [1.54, 1.807) is 24.3 Å². The van der Waals surface area contributed by atoms with Crippen LogP contribution in [0.4, 0.5) is 10.1 Å². The number of hydrogen-bond acceptors (Lipinski definition) is 2. The molecule has 0 fully saturated rings. The molecule has 2 aromatic rings. The topological polar surface area (TPSA) is 49.3 Å². The fourth-order valence-electron chi connectivity index (χ4n) is 1.94. The van der Waals surface area contributed by atoms with Crippen LogP contribution in [0.3, 0.4) is 0 Å². The summed E-state index contributed by atoms with van der Waals surface area (Å²) in [6, 6.07) is 12.6. The molecule has 0 aromatic heterocycles. The summed E-state index contributed by atoms with van der Waals surface area (Å²) in [5.41, 5.74) is -0.513. The van der Waals surface area contributed by atoms with Crippen LogP contribution in [-0.4, -0.2) is 11.1 Å². The maximum Gasteiger partial charge on any atom is 0.333 e. The highest BCUT2D eigenvalue weighted by Gasteiger charge is 2.37. The minimum absolute atomic E-state index is 0.0679. The zero-order valence-electron chi connectivity index (χ0n) is 10.7. The van der Waals surface area contributed by atoms with Crippen LogP contribution in [0.25, 0.3) is 0 Å². The van der Waals surface area contributed by atoms with E-state index in [2.05, 4.69) is 5.32 Å². The van der Waals surface area contributed by atoms with Crippen molar-refractivity contribution in [2.45, 2.75) is 12.5 Å². The fraction of sp³-hybridized carbons (Fsp3) is 0.133. The summed E-state index contributed by atoms with van der Waals surface area (Å²) < 4.78 is 13.1. The summed E-state index contributed by atoms with van der Waals surface area (Å²) in [5.74, 6) is -1.61. The van der Waals surface area contributed by atoms with Crippen LogP contribution in [0, 0.1) is 5.82 Å². The minimum atomic E-state index is -1.45. The molecule has 0 aliphatic rings. The third-order valence-electron chi connectivity index (χ3n) is 3.07. The number of carboxylic acids is 1. The van der Waals surface area contributed by atoms with Gasteiger partial charge in [0.05, 0.1) is 0 Å². The number of halogens is 2. The van der Waals surface area contributed by atoms with Gasteiger partial charge in [0.1, 0.15) is 5.82 Å². The summed E-state index contributed by atoms with van der Waals surface area (Å²) in [4.78, 5) is 11.6. The Hall–Kier alpha value is -2.07. The van der Waals surface area contributed by atoms with Crippen LogP contribution in [0.1, 0.15) is 12.5 Å². The first kappa shape index (κ1) is 14.3. The molecule has 2 N–H and O–H groups in total. The molecule has 2 rings (SSSR count). The molecule has 0 saturated carbocycles. The SMILES string of the molecule is CC(Nc1ccccc1)(C(=O)O)c1ccc(F)cc1Cl. The quantitative estimate of drug-likeness (QED) is 0.899. The molecule has 0 radical (unpaired) electrons. The monoisotopic (exact) mass is 293 g/mol. The van der Waals surface area contributed by atoms with Crippen molar-refractivity contribution >= 4 is 23.3 Å². The van der Waals surface area contributed by atoms with E-state index in [1.165, 1.54) is 19.1 Å². The predicted molar refractivity (Wildman–Crippen MR) is 76.5 cm³/mol. The van der Waals surface area contributed by atoms with E-state index >= 15 is 0 Å². The standard InChI is InChI=1S/C15H13ClFNO2/c1-15(14(19)20,18-11-5-3-2-4-6-11)12-8-7-10(17)9-13(12)16/h2-9,18H,1H3,(H,19,20). The Morgan fingerprint density at radius 3 is 2.45 bits per heavy atom. The third-order valence-corrected chi connectivity index (χ3v) is 3.38. The molecule has 0 bridgehead atoms. The summed E-state index contributed by atoms with van der Waals surface area (Å²) >= 11 is 5.98. The van der Waals surface area contributed by atoms with Crippen LogP contribution in [0.2, 0.25) is 5.02 Å². The van der Waals surface area contributed by atoms with E-state index in [4.69, 9.17) is 11.6 Å². The molecule has 1 atom stereocenters. The van der Waals surface area contributed by atoms with Gasteiger partial charge in [0.15, 0.2) is 5.54 Å². The van der Waals surface area contributed by atoms with Gasteiger partial charge in [0.25, 0.3) is 0 Å². The largest absolute Gasteiger partial charge is 0.479 e. The highest BCUT2D eigenvalue weighted by Crippen LogP contribution is 2.32. The average molecular weight is 294 g/mol. The Kier molecular flexibility index (Phi) is 3.95. The molecule has 104 valence electrons. The predicted octanol–water partition coefficient (Wildman–Crippen LogP) is 3.89. The first-order chi connectivity index (χ1) is 9.43. The fourth-order valence-corrected chi connectivity index (χ4v) is 2.30. The molecule has 2 aromatic carbocycles. The summed E-state index contributed by atoms with van der Waals surface area (Å²) in [6.07, 6.45) is 0. The molecule has 0 spiro atoms. The third kappa shape index (κ3) is 2.75. The number of carboxylic acid groups (broad SMARTS) is 1. The van der Waals surface area contributed by atoms with Gasteiger partial charge in [-0.05, 0) is 31.2 Å². The van der Waals surface area contributed by atoms with E-state index in [-0.39, 0.29) is 5.02 Å². The normalized spacial score (nSPS) is 13.6. The lowest BCUT2D eigenvalue weighted by Crippen LogP contribution is -2.40. The Labute approximate surface area is 121 Å². The van der Waals surface area contributed by atoms with E-state index in [1.807, 2.05) is 6.07 Å². The first-order valence-corrected chi connectivity index (χ1v) is 6.33. The molecule has 5 heteroatoms. The molecule has 20 heavy (non-hydrogen) atoms. The van der Waals surface area contributed by atoms with Crippen LogP contribution < -0.4 is 5.32 Å². The zero-order chi connectivity index (χ0) is 14.8. The number of benzene rings is 2. The second kappa shape index (κ2) is 5.51. The van der Waals surface area contributed by atoms with Crippen LogP contribution in [0.5, 0.6) is 0 Å². The maximum absolute atomic E-state index is 13.1. The lowest BCUT2D eigenvalue weighted by molar-refractivity contribution is -0.142. The Balaban J connectivity index is 2.47. The molecule has 3 nitrogen and oxygen atoms in total. The van der Waals surface area contributed by atoms with E-state index in [0.29, 0.717) is 11.3 Å². The van der Waals surface area contributed by atoms with Crippen LogP contribution in [0.15, 0.2) is 48.5 Å². The first-order valence-electron chi connectivity index (χ1n) is 5.95. The second-order valence-corrected chi connectivity index (χ2v) is 4.95. The lowest BCUT2D eigenvalue weighted by atomic mass is 9.91. The highest BCUT2D eigenvalue weighted by atomic mass is 35.5. The Bertz CT molecular complexity index is 633. The van der Waals surface area contributed by atoms with Gasteiger partial charge in [-0.15, -0.1) is 0 Å². The summed E-state index contributed by atoms with van der Waals surface area (Å²) in [7, 11) is 0.